The van der Waals surface area contributed by atoms with Gasteiger partial charge in [-0.15, -0.1) is 10.2 Å². The van der Waals surface area contributed by atoms with Crippen molar-refractivity contribution in [3.8, 4) is 11.4 Å². The maximum absolute atomic E-state index is 14.1. The average molecular weight is 267 g/mol. The number of hydrogen-bond acceptors (Lipinski definition) is 3. The number of aromatic nitrogens is 3. The van der Waals surface area contributed by atoms with Gasteiger partial charge >= 0.3 is 0 Å². The Labute approximate surface area is 109 Å². The monoisotopic (exact) mass is 267 g/mol. The van der Waals surface area contributed by atoms with Gasteiger partial charge in [-0.05, 0) is 32.4 Å². The molecule has 0 radical (unpaired) electrons. The number of aryl methyl sites for hydroxylation is 1. The lowest BCUT2D eigenvalue weighted by molar-refractivity contribution is 0.262. The van der Waals surface area contributed by atoms with Gasteiger partial charge in [0.05, 0.1) is 5.56 Å². The summed E-state index contributed by atoms with van der Waals surface area (Å²) in [5.41, 5.74) is 0.126. The van der Waals surface area contributed by atoms with Gasteiger partial charge in [0.2, 0.25) is 0 Å². The summed E-state index contributed by atoms with van der Waals surface area (Å²) in [6, 6.07) is 2.45. The Morgan fingerprint density at radius 3 is 2.53 bits per heavy atom. The smallest absolute Gasteiger partial charge is 0.170 e. The fraction of sp³-hybridized carbons (Fsp3) is 0.385. The van der Waals surface area contributed by atoms with Crippen LogP contribution in [-0.2, 0) is 6.61 Å². The zero-order valence-electron chi connectivity index (χ0n) is 11.0. The van der Waals surface area contributed by atoms with Crippen molar-refractivity contribution < 1.29 is 13.9 Å². The highest BCUT2D eigenvalue weighted by atomic mass is 19.1. The molecular formula is C13H15F2N3O. The van der Waals surface area contributed by atoms with E-state index in [4.69, 9.17) is 0 Å². The number of aliphatic hydroxyl groups is 1. The van der Waals surface area contributed by atoms with Crippen molar-refractivity contribution in [3.05, 3.63) is 35.2 Å². The normalized spacial score (nSPS) is 11.3. The van der Waals surface area contributed by atoms with E-state index in [9.17, 15) is 13.9 Å². The van der Waals surface area contributed by atoms with E-state index in [1.807, 2.05) is 13.8 Å². The Kier molecular flexibility index (Phi) is 3.61. The SMILES string of the molecule is Cc1ccc(F)c(-c2nnc(CO)n2C(C)C)c1F. The van der Waals surface area contributed by atoms with Crippen LogP contribution in [0, 0.1) is 18.6 Å². The lowest BCUT2D eigenvalue weighted by atomic mass is 10.1. The molecule has 1 heterocycles. The van der Waals surface area contributed by atoms with Crippen molar-refractivity contribution >= 4 is 0 Å². The van der Waals surface area contributed by atoms with E-state index >= 15 is 0 Å². The summed E-state index contributed by atoms with van der Waals surface area (Å²) in [6.07, 6.45) is 0. The third-order valence-corrected chi connectivity index (χ3v) is 2.93. The summed E-state index contributed by atoms with van der Waals surface area (Å²) >= 11 is 0. The first kappa shape index (κ1) is 13.6. The van der Waals surface area contributed by atoms with Crippen LogP contribution in [0.3, 0.4) is 0 Å². The molecule has 6 heteroatoms. The first-order valence-electron chi connectivity index (χ1n) is 5.97. The molecule has 0 aliphatic heterocycles. The molecule has 0 aliphatic carbocycles. The molecule has 0 saturated heterocycles. The van der Waals surface area contributed by atoms with Crippen LogP contribution < -0.4 is 0 Å². The summed E-state index contributed by atoms with van der Waals surface area (Å²) in [7, 11) is 0. The Balaban J connectivity index is 2.73. The third-order valence-electron chi connectivity index (χ3n) is 2.93. The van der Waals surface area contributed by atoms with E-state index in [1.165, 1.54) is 16.7 Å². The molecule has 0 atom stereocenters. The number of rotatable bonds is 3. The summed E-state index contributed by atoms with van der Waals surface area (Å²) in [5.74, 6) is -0.969. The van der Waals surface area contributed by atoms with Crippen molar-refractivity contribution in [1.82, 2.24) is 14.8 Å². The Hall–Kier alpha value is -1.82. The fourth-order valence-electron chi connectivity index (χ4n) is 2.01. The maximum Gasteiger partial charge on any atom is 0.170 e. The van der Waals surface area contributed by atoms with Gasteiger partial charge in [0.25, 0.3) is 0 Å². The molecule has 102 valence electrons. The standard InChI is InChI=1S/C13H15F2N3O/c1-7(2)18-10(6-19)16-17-13(18)11-9(14)5-4-8(3)12(11)15/h4-5,7,19H,6H2,1-3H3. The highest BCUT2D eigenvalue weighted by molar-refractivity contribution is 5.59. The number of nitrogens with zero attached hydrogens (tertiary/aromatic N) is 3. The Morgan fingerprint density at radius 2 is 1.95 bits per heavy atom. The largest absolute Gasteiger partial charge is 0.388 e. The van der Waals surface area contributed by atoms with Gasteiger partial charge in [-0.2, -0.15) is 0 Å². The van der Waals surface area contributed by atoms with E-state index in [-0.39, 0.29) is 29.9 Å². The summed E-state index contributed by atoms with van der Waals surface area (Å²) in [4.78, 5) is 0. The average Bonchev–Trinajstić information content (AvgIpc) is 2.78. The fourth-order valence-corrected chi connectivity index (χ4v) is 2.01. The number of halogens is 2. The minimum atomic E-state index is -0.693. The lowest BCUT2D eigenvalue weighted by Gasteiger charge is -2.14. The van der Waals surface area contributed by atoms with Crippen LogP contribution in [0.2, 0.25) is 0 Å². The summed E-state index contributed by atoms with van der Waals surface area (Å²) < 4.78 is 29.5. The molecular weight excluding hydrogens is 252 g/mol. The molecule has 0 spiro atoms. The highest BCUT2D eigenvalue weighted by Gasteiger charge is 2.22. The van der Waals surface area contributed by atoms with Crippen LogP contribution in [0.25, 0.3) is 11.4 Å². The number of hydrogen-bond donors (Lipinski definition) is 1. The van der Waals surface area contributed by atoms with Crippen LogP contribution >= 0.6 is 0 Å². The van der Waals surface area contributed by atoms with Gasteiger partial charge in [-0.1, -0.05) is 6.07 Å². The second-order valence-electron chi connectivity index (χ2n) is 4.61. The van der Waals surface area contributed by atoms with Crippen LogP contribution in [0.1, 0.15) is 31.3 Å². The minimum absolute atomic E-state index is 0.0951. The molecule has 1 aromatic carbocycles. The van der Waals surface area contributed by atoms with Gasteiger partial charge in [0.15, 0.2) is 11.6 Å². The van der Waals surface area contributed by atoms with Crippen LogP contribution in [0.15, 0.2) is 12.1 Å². The molecule has 19 heavy (non-hydrogen) atoms. The summed E-state index contributed by atoms with van der Waals surface area (Å²) in [6.45, 7) is 4.89. The number of benzene rings is 1. The van der Waals surface area contributed by atoms with Gasteiger partial charge in [0, 0.05) is 6.04 Å². The van der Waals surface area contributed by atoms with E-state index in [0.29, 0.717) is 5.56 Å². The van der Waals surface area contributed by atoms with Crippen LogP contribution in [-0.4, -0.2) is 19.9 Å². The summed E-state index contributed by atoms with van der Waals surface area (Å²) in [5, 5.41) is 16.8. The Bertz CT molecular complexity index is 608. The van der Waals surface area contributed by atoms with Crippen LogP contribution in [0.4, 0.5) is 8.78 Å². The molecule has 0 aliphatic rings. The van der Waals surface area contributed by atoms with Crippen molar-refractivity contribution in [3.63, 3.8) is 0 Å². The second-order valence-corrected chi connectivity index (χ2v) is 4.61. The third kappa shape index (κ3) is 2.23. The molecule has 4 nitrogen and oxygen atoms in total. The maximum atomic E-state index is 14.1. The van der Waals surface area contributed by atoms with Gasteiger partial charge in [-0.25, -0.2) is 8.78 Å². The van der Waals surface area contributed by atoms with E-state index in [0.717, 1.165) is 0 Å². The Morgan fingerprint density at radius 1 is 1.26 bits per heavy atom. The topological polar surface area (TPSA) is 50.9 Å². The molecule has 1 N–H and O–H groups in total. The molecule has 0 saturated carbocycles. The molecule has 2 rings (SSSR count). The molecule has 0 unspecified atom stereocenters. The minimum Gasteiger partial charge on any atom is -0.388 e. The molecule has 1 aromatic heterocycles. The predicted octanol–water partition coefficient (Wildman–Crippen LogP) is 2.60. The number of aliphatic hydroxyl groups excluding tert-OH is 1. The molecule has 0 bridgehead atoms. The van der Waals surface area contributed by atoms with Crippen molar-refractivity contribution in [1.29, 1.82) is 0 Å². The van der Waals surface area contributed by atoms with Gasteiger partial charge < -0.3 is 9.67 Å². The van der Waals surface area contributed by atoms with Crippen molar-refractivity contribution in [2.45, 2.75) is 33.4 Å². The molecule has 0 amide bonds. The molecule has 0 fully saturated rings. The highest BCUT2D eigenvalue weighted by Crippen LogP contribution is 2.29. The van der Waals surface area contributed by atoms with Crippen molar-refractivity contribution in [2.75, 3.05) is 0 Å². The lowest BCUT2D eigenvalue weighted by Crippen LogP contribution is -2.09. The second kappa shape index (κ2) is 5.05. The van der Waals surface area contributed by atoms with E-state index < -0.39 is 11.6 Å². The zero-order chi connectivity index (χ0) is 14.2. The van der Waals surface area contributed by atoms with Crippen LogP contribution in [0.5, 0.6) is 0 Å². The van der Waals surface area contributed by atoms with Gasteiger partial charge in [0.1, 0.15) is 18.2 Å². The van der Waals surface area contributed by atoms with Gasteiger partial charge in [-0.3, -0.25) is 0 Å². The first-order valence-corrected chi connectivity index (χ1v) is 5.97. The van der Waals surface area contributed by atoms with E-state index in [2.05, 4.69) is 10.2 Å². The molecule has 2 aromatic rings. The van der Waals surface area contributed by atoms with Crippen molar-refractivity contribution in [2.24, 2.45) is 0 Å². The zero-order valence-corrected chi connectivity index (χ0v) is 11.0. The quantitative estimate of drug-likeness (QED) is 0.930. The first-order chi connectivity index (χ1) is 8.97. The predicted molar refractivity (Wildman–Crippen MR) is 66.4 cm³/mol. The van der Waals surface area contributed by atoms with E-state index in [1.54, 1.807) is 6.92 Å².